The van der Waals surface area contributed by atoms with Crippen LogP contribution in [0.25, 0.3) is 0 Å². The van der Waals surface area contributed by atoms with E-state index in [4.69, 9.17) is 4.52 Å². The molecule has 1 aromatic rings. The monoisotopic (exact) mass is 352 g/mol. The molecule has 0 amide bonds. The Hall–Kier alpha value is -0.870. The summed E-state index contributed by atoms with van der Waals surface area (Å²) in [6, 6.07) is 5.75. The van der Waals surface area contributed by atoms with E-state index >= 15 is 0 Å². The zero-order valence-electron chi connectivity index (χ0n) is 13.9. The average molecular weight is 352 g/mol. The SMILES string of the molecule is C[C@]12CC[C@@H]3c4ccc(O)cc4CC[C@H]3[C@H]1CC[C@@H]2OP(=O)(O)O. The molecule has 0 heterocycles. The highest BCUT2D eigenvalue weighted by Crippen LogP contribution is 2.63. The van der Waals surface area contributed by atoms with Gasteiger partial charge in [-0.25, -0.2) is 4.57 Å². The summed E-state index contributed by atoms with van der Waals surface area (Å²) in [5.41, 5.74) is 2.49. The molecule has 3 aliphatic rings. The van der Waals surface area contributed by atoms with E-state index in [0.717, 1.165) is 38.5 Å². The zero-order chi connectivity index (χ0) is 17.1. The molecule has 0 spiro atoms. The normalized spacial score (nSPS) is 38.3. The standard InChI is InChI=1S/C18H25O5P/c1-18-9-8-14-13-5-3-12(19)10-11(13)2-4-15(14)16(18)6-7-17(18)23-24(20,21)22/h3,5,10,14-17,19H,2,4,6-9H2,1H3,(H2,20,21,22)/t14-,15-,16-,17+,18+/m1/s1. The maximum absolute atomic E-state index is 11.3. The molecule has 3 N–H and O–H groups in total. The fourth-order valence-corrected chi connectivity index (χ4v) is 6.54. The number of phenolic OH excluding ortho intramolecular Hbond substituents is 1. The first-order valence-corrected chi connectivity index (χ1v) is 10.4. The minimum atomic E-state index is -4.44. The number of phosphoric acid groups is 1. The third-order valence-corrected chi connectivity index (χ3v) is 7.42. The van der Waals surface area contributed by atoms with E-state index in [0.29, 0.717) is 23.5 Å². The molecule has 0 aliphatic heterocycles. The number of hydrogen-bond acceptors (Lipinski definition) is 3. The van der Waals surface area contributed by atoms with Crippen LogP contribution in [0.5, 0.6) is 5.75 Å². The van der Waals surface area contributed by atoms with Gasteiger partial charge in [0.05, 0.1) is 6.10 Å². The van der Waals surface area contributed by atoms with E-state index in [1.165, 1.54) is 11.1 Å². The van der Waals surface area contributed by atoms with Crippen molar-refractivity contribution < 1.29 is 24.0 Å². The average Bonchev–Trinajstić information content (AvgIpc) is 2.82. The summed E-state index contributed by atoms with van der Waals surface area (Å²) in [6.07, 6.45) is 5.39. The predicted octanol–water partition coefficient (Wildman–Crippen LogP) is 3.73. The molecular formula is C18H25O5P. The van der Waals surface area contributed by atoms with Gasteiger partial charge in [-0.1, -0.05) is 13.0 Å². The summed E-state index contributed by atoms with van der Waals surface area (Å²) in [4.78, 5) is 18.5. The molecule has 2 saturated carbocycles. The van der Waals surface area contributed by atoms with E-state index in [1.54, 1.807) is 6.07 Å². The van der Waals surface area contributed by atoms with Crippen molar-refractivity contribution in [3.8, 4) is 5.75 Å². The maximum atomic E-state index is 11.3. The summed E-state index contributed by atoms with van der Waals surface area (Å²) >= 11 is 0. The molecule has 0 aromatic heterocycles. The van der Waals surface area contributed by atoms with Crippen LogP contribution in [0.3, 0.4) is 0 Å². The second-order valence-corrected chi connectivity index (χ2v) is 9.20. The Labute approximate surface area is 142 Å². The molecule has 3 aliphatic carbocycles. The van der Waals surface area contributed by atoms with Gasteiger partial charge in [-0.15, -0.1) is 0 Å². The highest BCUT2D eigenvalue weighted by molar-refractivity contribution is 7.46. The van der Waals surface area contributed by atoms with Crippen molar-refractivity contribution in [1.82, 2.24) is 0 Å². The first-order valence-electron chi connectivity index (χ1n) is 8.84. The number of benzene rings is 1. The number of aromatic hydroxyl groups is 1. The number of fused-ring (bicyclic) bond motifs is 5. The highest BCUT2D eigenvalue weighted by atomic mass is 31.2. The Morgan fingerprint density at radius 2 is 2.00 bits per heavy atom. The highest BCUT2D eigenvalue weighted by Gasteiger charge is 2.56. The zero-order valence-corrected chi connectivity index (χ0v) is 14.8. The third-order valence-electron chi connectivity index (χ3n) is 6.89. The van der Waals surface area contributed by atoms with Crippen LogP contribution in [0, 0.1) is 17.3 Å². The van der Waals surface area contributed by atoms with Gasteiger partial charge < -0.3 is 14.9 Å². The van der Waals surface area contributed by atoms with Crippen molar-refractivity contribution in [2.75, 3.05) is 0 Å². The molecule has 132 valence electrons. The van der Waals surface area contributed by atoms with Crippen LogP contribution in [0.2, 0.25) is 0 Å². The molecule has 0 saturated heterocycles. The van der Waals surface area contributed by atoms with Crippen molar-refractivity contribution >= 4 is 7.82 Å². The summed E-state index contributed by atoms with van der Waals surface area (Å²) in [6.45, 7) is 2.16. The van der Waals surface area contributed by atoms with Crippen molar-refractivity contribution in [1.29, 1.82) is 0 Å². The molecule has 0 bridgehead atoms. The fourth-order valence-electron chi connectivity index (χ4n) is 5.86. The first kappa shape index (κ1) is 16.6. The first-order chi connectivity index (χ1) is 11.3. The smallest absolute Gasteiger partial charge is 0.469 e. The summed E-state index contributed by atoms with van der Waals surface area (Å²) in [5, 5.41) is 9.73. The van der Waals surface area contributed by atoms with Gasteiger partial charge in [-0.2, -0.15) is 0 Å². The number of rotatable bonds is 2. The molecule has 24 heavy (non-hydrogen) atoms. The lowest BCUT2D eigenvalue weighted by molar-refractivity contribution is -0.0217. The Bertz CT molecular complexity index is 699. The molecule has 0 unspecified atom stereocenters. The van der Waals surface area contributed by atoms with Gasteiger partial charge in [0.25, 0.3) is 0 Å². The minimum absolute atomic E-state index is 0.142. The summed E-state index contributed by atoms with van der Waals surface area (Å²) in [7, 11) is -4.44. The van der Waals surface area contributed by atoms with Crippen LogP contribution in [-0.2, 0) is 15.5 Å². The van der Waals surface area contributed by atoms with E-state index in [9.17, 15) is 19.5 Å². The largest absolute Gasteiger partial charge is 0.508 e. The number of phosphoric ester groups is 1. The van der Waals surface area contributed by atoms with Gasteiger partial charge >= 0.3 is 7.82 Å². The second-order valence-electron chi connectivity index (χ2n) is 8.01. The molecule has 2 fully saturated rings. The van der Waals surface area contributed by atoms with Gasteiger partial charge in [-0.3, -0.25) is 4.52 Å². The Morgan fingerprint density at radius 1 is 1.21 bits per heavy atom. The Morgan fingerprint density at radius 3 is 2.75 bits per heavy atom. The van der Waals surface area contributed by atoms with Gasteiger partial charge in [0, 0.05) is 0 Å². The van der Waals surface area contributed by atoms with Crippen molar-refractivity contribution in [3.05, 3.63) is 29.3 Å². The van der Waals surface area contributed by atoms with Crippen LogP contribution in [0.4, 0.5) is 0 Å². The molecule has 4 rings (SSSR count). The van der Waals surface area contributed by atoms with Crippen LogP contribution in [0.15, 0.2) is 18.2 Å². The van der Waals surface area contributed by atoms with Crippen molar-refractivity contribution in [3.63, 3.8) is 0 Å². The number of aryl methyl sites for hydroxylation is 1. The lowest BCUT2D eigenvalue weighted by Gasteiger charge is -2.50. The summed E-state index contributed by atoms with van der Waals surface area (Å²) in [5.74, 6) is 1.84. The maximum Gasteiger partial charge on any atom is 0.469 e. The lowest BCUT2D eigenvalue weighted by atomic mass is 9.55. The van der Waals surface area contributed by atoms with Crippen molar-refractivity contribution in [2.45, 2.75) is 57.5 Å². The van der Waals surface area contributed by atoms with Gasteiger partial charge in [0.2, 0.25) is 0 Å². The fraction of sp³-hybridized carbons (Fsp3) is 0.667. The van der Waals surface area contributed by atoms with Gasteiger partial charge in [0.1, 0.15) is 5.75 Å². The molecule has 5 atom stereocenters. The number of hydrogen-bond donors (Lipinski definition) is 3. The lowest BCUT2D eigenvalue weighted by Crippen LogP contribution is -2.44. The third kappa shape index (κ3) is 2.62. The quantitative estimate of drug-likeness (QED) is 0.706. The molecule has 0 radical (unpaired) electrons. The molecule has 1 aromatic carbocycles. The van der Waals surface area contributed by atoms with E-state index in [1.807, 2.05) is 6.07 Å². The Balaban J connectivity index is 1.62. The molecule has 5 nitrogen and oxygen atoms in total. The van der Waals surface area contributed by atoms with Crippen LogP contribution in [0.1, 0.15) is 56.1 Å². The van der Waals surface area contributed by atoms with Gasteiger partial charge in [-0.05, 0) is 85.0 Å². The Kier molecular flexibility index (Phi) is 3.85. The van der Waals surface area contributed by atoms with Gasteiger partial charge in [0.15, 0.2) is 0 Å². The number of phenols is 1. The minimum Gasteiger partial charge on any atom is -0.508 e. The topological polar surface area (TPSA) is 87.0 Å². The van der Waals surface area contributed by atoms with E-state index in [2.05, 4.69) is 13.0 Å². The van der Waals surface area contributed by atoms with E-state index in [-0.39, 0.29) is 11.5 Å². The molecular weight excluding hydrogens is 327 g/mol. The van der Waals surface area contributed by atoms with Crippen molar-refractivity contribution in [2.24, 2.45) is 17.3 Å². The van der Waals surface area contributed by atoms with Crippen LogP contribution < -0.4 is 0 Å². The predicted molar refractivity (Wildman–Crippen MR) is 89.6 cm³/mol. The molecule has 6 heteroatoms. The van der Waals surface area contributed by atoms with Crippen LogP contribution >= 0.6 is 7.82 Å². The summed E-state index contributed by atoms with van der Waals surface area (Å²) < 4.78 is 16.5. The second kappa shape index (κ2) is 5.57. The van der Waals surface area contributed by atoms with Crippen LogP contribution in [-0.4, -0.2) is 21.0 Å². The van der Waals surface area contributed by atoms with E-state index < -0.39 is 7.82 Å².